The van der Waals surface area contributed by atoms with E-state index in [4.69, 9.17) is 4.74 Å². The quantitative estimate of drug-likeness (QED) is 0.632. The summed E-state index contributed by atoms with van der Waals surface area (Å²) in [6.07, 6.45) is 1.37. The molecule has 1 amide bonds. The SMILES string of the molecule is Cc1ncc(C(=O)OCC(=O)Nc2ccccc2SC(F)F)s1. The van der Waals surface area contributed by atoms with Crippen molar-refractivity contribution in [2.24, 2.45) is 0 Å². The van der Waals surface area contributed by atoms with E-state index >= 15 is 0 Å². The van der Waals surface area contributed by atoms with Gasteiger partial charge in [-0.05, 0) is 19.1 Å². The molecular weight excluding hydrogens is 346 g/mol. The second-order valence-corrected chi connectivity index (χ2v) is 6.51. The van der Waals surface area contributed by atoms with Crippen LogP contribution >= 0.6 is 23.1 Å². The first-order valence-corrected chi connectivity index (χ1v) is 8.08. The van der Waals surface area contributed by atoms with E-state index in [-0.39, 0.29) is 10.6 Å². The summed E-state index contributed by atoms with van der Waals surface area (Å²) in [5, 5.41) is 3.15. The number of hydrogen-bond acceptors (Lipinski definition) is 6. The van der Waals surface area contributed by atoms with Gasteiger partial charge < -0.3 is 10.1 Å². The van der Waals surface area contributed by atoms with Crippen LogP contribution in [0, 0.1) is 6.92 Å². The van der Waals surface area contributed by atoms with Crippen molar-refractivity contribution in [3.63, 3.8) is 0 Å². The van der Waals surface area contributed by atoms with Gasteiger partial charge in [-0.2, -0.15) is 8.78 Å². The first-order valence-electron chi connectivity index (χ1n) is 6.39. The number of nitrogens with one attached hydrogen (secondary N) is 1. The van der Waals surface area contributed by atoms with Crippen LogP contribution in [-0.2, 0) is 9.53 Å². The van der Waals surface area contributed by atoms with Crippen LogP contribution in [0.5, 0.6) is 0 Å². The highest BCUT2D eigenvalue weighted by Gasteiger charge is 2.15. The third-order valence-electron chi connectivity index (χ3n) is 2.53. The maximum atomic E-state index is 12.5. The van der Waals surface area contributed by atoms with Crippen LogP contribution in [0.15, 0.2) is 35.4 Å². The molecule has 0 saturated carbocycles. The van der Waals surface area contributed by atoms with Gasteiger partial charge in [-0.25, -0.2) is 9.78 Å². The molecule has 1 aromatic heterocycles. The summed E-state index contributed by atoms with van der Waals surface area (Å²) in [7, 11) is 0. The predicted octanol–water partition coefficient (Wildman–Crippen LogP) is 3.56. The van der Waals surface area contributed by atoms with Gasteiger partial charge >= 0.3 is 5.97 Å². The number of nitrogens with zero attached hydrogens (tertiary/aromatic N) is 1. The summed E-state index contributed by atoms with van der Waals surface area (Å²) in [5.41, 5.74) is 0.243. The second-order valence-electron chi connectivity index (χ2n) is 4.24. The molecule has 0 atom stereocenters. The third kappa shape index (κ3) is 5.29. The first-order chi connectivity index (χ1) is 11.0. The van der Waals surface area contributed by atoms with Crippen molar-refractivity contribution >= 4 is 40.7 Å². The number of thioether (sulfide) groups is 1. The number of aromatic nitrogens is 1. The van der Waals surface area contributed by atoms with Crippen molar-refractivity contribution in [1.82, 2.24) is 4.98 Å². The van der Waals surface area contributed by atoms with Crippen molar-refractivity contribution in [2.45, 2.75) is 17.6 Å². The molecule has 0 fully saturated rings. The van der Waals surface area contributed by atoms with E-state index in [0.29, 0.717) is 21.6 Å². The highest BCUT2D eigenvalue weighted by molar-refractivity contribution is 7.99. The van der Waals surface area contributed by atoms with E-state index in [9.17, 15) is 18.4 Å². The van der Waals surface area contributed by atoms with Crippen molar-refractivity contribution in [1.29, 1.82) is 0 Å². The van der Waals surface area contributed by atoms with Gasteiger partial charge in [-0.3, -0.25) is 4.79 Å². The smallest absolute Gasteiger partial charge is 0.350 e. The number of hydrogen-bond donors (Lipinski definition) is 1. The highest BCUT2D eigenvalue weighted by Crippen LogP contribution is 2.31. The summed E-state index contributed by atoms with van der Waals surface area (Å²) in [6.45, 7) is 1.23. The number of rotatable bonds is 6. The van der Waals surface area contributed by atoms with Crippen LogP contribution in [0.25, 0.3) is 0 Å². The zero-order valence-corrected chi connectivity index (χ0v) is 13.5. The van der Waals surface area contributed by atoms with E-state index in [0.717, 1.165) is 11.3 Å². The fraction of sp³-hybridized carbons (Fsp3) is 0.214. The van der Waals surface area contributed by atoms with Gasteiger partial charge in [0, 0.05) is 4.90 Å². The first kappa shape index (κ1) is 17.4. The van der Waals surface area contributed by atoms with Gasteiger partial charge in [-0.15, -0.1) is 11.3 Å². The molecule has 0 radical (unpaired) electrons. The predicted molar refractivity (Wildman–Crippen MR) is 84.1 cm³/mol. The topological polar surface area (TPSA) is 68.3 Å². The Labute approximate surface area is 139 Å². The molecule has 0 bridgehead atoms. The van der Waals surface area contributed by atoms with Crippen LogP contribution in [0.1, 0.15) is 14.7 Å². The van der Waals surface area contributed by atoms with Crippen LogP contribution in [-0.4, -0.2) is 29.2 Å². The maximum absolute atomic E-state index is 12.5. The number of thiazole rings is 1. The lowest BCUT2D eigenvalue weighted by atomic mass is 10.3. The Morgan fingerprint density at radius 1 is 1.39 bits per heavy atom. The van der Waals surface area contributed by atoms with Gasteiger partial charge in [-0.1, -0.05) is 23.9 Å². The van der Waals surface area contributed by atoms with Crippen LogP contribution in [0.2, 0.25) is 0 Å². The number of carbonyl (C=O) groups is 2. The molecule has 0 aliphatic carbocycles. The van der Waals surface area contributed by atoms with Crippen molar-refractivity contribution in [2.75, 3.05) is 11.9 Å². The number of ether oxygens (including phenoxy) is 1. The minimum absolute atomic E-state index is 0.236. The Morgan fingerprint density at radius 3 is 2.78 bits per heavy atom. The Hall–Kier alpha value is -2.00. The van der Waals surface area contributed by atoms with Gasteiger partial charge in [0.2, 0.25) is 0 Å². The summed E-state index contributed by atoms with van der Waals surface area (Å²) in [6, 6.07) is 6.17. The molecule has 9 heteroatoms. The molecule has 2 rings (SSSR count). The van der Waals surface area contributed by atoms with Gasteiger partial charge in [0.1, 0.15) is 4.88 Å². The van der Waals surface area contributed by atoms with Gasteiger partial charge in [0.05, 0.1) is 16.9 Å². The summed E-state index contributed by atoms with van der Waals surface area (Å²) in [5.74, 6) is -3.86. The number of halogens is 2. The fourth-order valence-electron chi connectivity index (χ4n) is 1.61. The summed E-state index contributed by atoms with van der Waals surface area (Å²) in [4.78, 5) is 27.9. The van der Waals surface area contributed by atoms with Crippen LogP contribution < -0.4 is 5.32 Å². The number of amides is 1. The lowest BCUT2D eigenvalue weighted by Gasteiger charge is -2.10. The lowest BCUT2D eigenvalue weighted by molar-refractivity contribution is -0.119. The molecule has 122 valence electrons. The number of esters is 1. The van der Waals surface area contributed by atoms with E-state index < -0.39 is 24.2 Å². The minimum Gasteiger partial charge on any atom is -0.451 e. The molecule has 23 heavy (non-hydrogen) atoms. The Kier molecular flexibility index (Phi) is 6.05. The molecule has 5 nitrogen and oxygen atoms in total. The minimum atomic E-state index is -2.60. The Balaban J connectivity index is 1.91. The molecule has 1 heterocycles. The molecule has 0 aliphatic rings. The number of carbonyl (C=O) groups excluding carboxylic acids is 2. The van der Waals surface area contributed by atoms with Crippen molar-refractivity contribution in [3.8, 4) is 0 Å². The number of para-hydroxylation sites is 1. The number of anilines is 1. The Morgan fingerprint density at radius 2 is 2.13 bits per heavy atom. The van der Waals surface area contributed by atoms with E-state index in [1.165, 1.54) is 18.3 Å². The highest BCUT2D eigenvalue weighted by atomic mass is 32.2. The number of aryl methyl sites for hydroxylation is 1. The molecule has 1 aromatic carbocycles. The zero-order chi connectivity index (χ0) is 16.8. The number of benzene rings is 1. The van der Waals surface area contributed by atoms with Gasteiger partial charge in [0.25, 0.3) is 11.7 Å². The van der Waals surface area contributed by atoms with Crippen molar-refractivity contribution < 1.29 is 23.1 Å². The van der Waals surface area contributed by atoms with E-state index in [1.807, 2.05) is 0 Å². The largest absolute Gasteiger partial charge is 0.451 e. The molecular formula is C14H12F2N2O3S2. The number of alkyl halides is 2. The van der Waals surface area contributed by atoms with E-state index in [1.54, 1.807) is 19.1 Å². The van der Waals surface area contributed by atoms with E-state index in [2.05, 4.69) is 10.3 Å². The lowest BCUT2D eigenvalue weighted by Crippen LogP contribution is -2.21. The maximum Gasteiger partial charge on any atom is 0.350 e. The second kappa shape index (κ2) is 8.02. The normalized spacial score (nSPS) is 10.6. The molecule has 2 aromatic rings. The summed E-state index contributed by atoms with van der Waals surface area (Å²) < 4.78 is 29.8. The average molecular weight is 358 g/mol. The Bertz CT molecular complexity index is 707. The van der Waals surface area contributed by atoms with Crippen LogP contribution in [0.3, 0.4) is 0 Å². The molecule has 0 unspecified atom stereocenters. The molecule has 0 saturated heterocycles. The third-order valence-corrected chi connectivity index (χ3v) is 4.21. The van der Waals surface area contributed by atoms with Crippen molar-refractivity contribution in [3.05, 3.63) is 40.3 Å². The van der Waals surface area contributed by atoms with Crippen LogP contribution in [0.4, 0.5) is 14.5 Å². The average Bonchev–Trinajstić information content (AvgIpc) is 2.93. The zero-order valence-electron chi connectivity index (χ0n) is 11.9. The standard InChI is InChI=1S/C14H12F2N2O3S2/c1-8-17-6-11(22-8)13(20)21-7-12(19)18-9-4-2-3-5-10(9)23-14(15)16/h2-6,14H,7H2,1H3,(H,18,19). The monoisotopic (exact) mass is 358 g/mol. The summed E-state index contributed by atoms with van der Waals surface area (Å²) >= 11 is 1.49. The molecule has 1 N–H and O–H groups in total. The fourth-order valence-corrected chi connectivity index (χ4v) is 2.88. The molecule has 0 aliphatic heterocycles. The molecule has 0 spiro atoms. The van der Waals surface area contributed by atoms with Gasteiger partial charge in [0.15, 0.2) is 6.61 Å².